The SMILES string of the molecule is CN=C(NCCN1C(=O)C2C3C=CC(C3)C2C1=O)NC1CC1c1c(F)cccc1F. The van der Waals surface area contributed by atoms with Crippen molar-refractivity contribution in [3.8, 4) is 0 Å². The number of aliphatic imine (C=N–C) groups is 1. The molecule has 2 amide bonds. The molecule has 1 aliphatic heterocycles. The quantitative estimate of drug-likeness (QED) is 0.334. The van der Waals surface area contributed by atoms with E-state index in [0.29, 0.717) is 18.9 Å². The third-order valence-electron chi connectivity index (χ3n) is 6.90. The van der Waals surface area contributed by atoms with E-state index in [-0.39, 0.29) is 59.6 Å². The van der Waals surface area contributed by atoms with Crippen molar-refractivity contribution in [2.24, 2.45) is 28.7 Å². The molecule has 2 N–H and O–H groups in total. The highest BCUT2D eigenvalue weighted by Gasteiger charge is 2.59. The molecule has 158 valence electrons. The molecule has 1 saturated heterocycles. The van der Waals surface area contributed by atoms with E-state index in [4.69, 9.17) is 0 Å². The Morgan fingerprint density at radius 1 is 1.10 bits per heavy atom. The predicted molar refractivity (Wildman–Crippen MR) is 106 cm³/mol. The van der Waals surface area contributed by atoms with Crippen LogP contribution < -0.4 is 10.6 Å². The van der Waals surface area contributed by atoms with Crippen LogP contribution in [0.2, 0.25) is 0 Å². The van der Waals surface area contributed by atoms with E-state index in [1.807, 2.05) is 0 Å². The molecule has 8 heteroatoms. The van der Waals surface area contributed by atoms with E-state index < -0.39 is 11.6 Å². The van der Waals surface area contributed by atoms with Crippen LogP contribution in [0.1, 0.15) is 24.3 Å². The highest BCUT2D eigenvalue weighted by molar-refractivity contribution is 6.06. The van der Waals surface area contributed by atoms with Crippen LogP contribution in [0.4, 0.5) is 8.78 Å². The van der Waals surface area contributed by atoms with Gasteiger partial charge in [0, 0.05) is 37.7 Å². The van der Waals surface area contributed by atoms with Gasteiger partial charge in [0.05, 0.1) is 11.8 Å². The Bertz CT molecular complexity index is 912. The molecule has 6 atom stereocenters. The van der Waals surface area contributed by atoms with Crippen molar-refractivity contribution < 1.29 is 18.4 Å². The molecule has 2 bridgehead atoms. The smallest absolute Gasteiger partial charge is 0.233 e. The number of allylic oxidation sites excluding steroid dienone is 2. The number of benzene rings is 1. The lowest BCUT2D eigenvalue weighted by molar-refractivity contribution is -0.140. The number of imide groups is 1. The summed E-state index contributed by atoms with van der Waals surface area (Å²) < 4.78 is 27.9. The van der Waals surface area contributed by atoms with Crippen molar-refractivity contribution in [1.82, 2.24) is 15.5 Å². The molecule has 1 aromatic rings. The molecule has 6 nitrogen and oxygen atoms in total. The number of rotatable bonds is 5. The third-order valence-corrected chi connectivity index (χ3v) is 6.90. The van der Waals surface area contributed by atoms with E-state index >= 15 is 0 Å². The molecular weight excluding hydrogens is 390 g/mol. The van der Waals surface area contributed by atoms with Crippen LogP contribution in [0.25, 0.3) is 0 Å². The molecule has 2 saturated carbocycles. The lowest BCUT2D eigenvalue weighted by Crippen LogP contribution is -2.44. The van der Waals surface area contributed by atoms with Gasteiger partial charge in [0.2, 0.25) is 11.8 Å². The second-order valence-electron chi connectivity index (χ2n) is 8.56. The van der Waals surface area contributed by atoms with E-state index in [0.717, 1.165) is 6.42 Å². The molecule has 0 radical (unpaired) electrons. The fourth-order valence-electron chi connectivity index (χ4n) is 5.38. The number of carbonyl (C=O) groups is 2. The molecule has 30 heavy (non-hydrogen) atoms. The predicted octanol–water partition coefficient (Wildman–Crippen LogP) is 1.79. The Hall–Kier alpha value is -2.77. The largest absolute Gasteiger partial charge is 0.355 e. The van der Waals surface area contributed by atoms with Crippen LogP contribution in [-0.4, -0.2) is 48.9 Å². The number of halogens is 2. The van der Waals surface area contributed by atoms with Gasteiger partial charge in [0.15, 0.2) is 5.96 Å². The van der Waals surface area contributed by atoms with Crippen LogP contribution in [0.3, 0.4) is 0 Å². The summed E-state index contributed by atoms with van der Waals surface area (Å²) in [7, 11) is 1.61. The first-order valence-electron chi connectivity index (χ1n) is 10.4. The number of nitrogens with zero attached hydrogens (tertiary/aromatic N) is 2. The minimum atomic E-state index is -0.535. The molecule has 5 rings (SSSR count). The maximum atomic E-state index is 14.0. The second-order valence-corrected chi connectivity index (χ2v) is 8.56. The average molecular weight is 414 g/mol. The average Bonchev–Trinajstić information content (AvgIpc) is 3.06. The van der Waals surface area contributed by atoms with Gasteiger partial charge < -0.3 is 10.6 Å². The number of fused-ring (bicyclic) bond motifs is 5. The van der Waals surface area contributed by atoms with Crippen molar-refractivity contribution in [3.05, 3.63) is 47.5 Å². The zero-order valence-corrected chi connectivity index (χ0v) is 16.6. The van der Waals surface area contributed by atoms with Crippen LogP contribution in [0, 0.1) is 35.3 Å². The zero-order valence-electron chi connectivity index (χ0n) is 16.6. The number of guanidine groups is 1. The lowest BCUT2D eigenvalue weighted by Gasteiger charge is -2.18. The topological polar surface area (TPSA) is 73.8 Å². The van der Waals surface area contributed by atoms with Crippen molar-refractivity contribution >= 4 is 17.8 Å². The summed E-state index contributed by atoms with van der Waals surface area (Å²) in [6.45, 7) is 0.644. The summed E-state index contributed by atoms with van der Waals surface area (Å²) in [5.41, 5.74) is 0.105. The van der Waals surface area contributed by atoms with Crippen molar-refractivity contribution in [2.45, 2.75) is 24.8 Å². The van der Waals surface area contributed by atoms with Crippen LogP contribution in [0.15, 0.2) is 35.3 Å². The van der Waals surface area contributed by atoms with Crippen molar-refractivity contribution in [3.63, 3.8) is 0 Å². The van der Waals surface area contributed by atoms with Crippen LogP contribution >= 0.6 is 0 Å². The number of nitrogens with one attached hydrogen (secondary N) is 2. The summed E-state index contributed by atoms with van der Waals surface area (Å²) in [5.74, 6) is -0.925. The van der Waals surface area contributed by atoms with Gasteiger partial charge in [0.25, 0.3) is 0 Å². The van der Waals surface area contributed by atoms with Crippen LogP contribution in [0.5, 0.6) is 0 Å². The number of hydrogen-bond acceptors (Lipinski definition) is 3. The van der Waals surface area contributed by atoms with Crippen molar-refractivity contribution in [2.75, 3.05) is 20.1 Å². The van der Waals surface area contributed by atoms with Gasteiger partial charge in [0.1, 0.15) is 11.6 Å². The van der Waals surface area contributed by atoms with E-state index in [9.17, 15) is 18.4 Å². The van der Waals surface area contributed by atoms with E-state index in [2.05, 4.69) is 27.8 Å². The first kappa shape index (κ1) is 19.2. The molecule has 3 fully saturated rings. The maximum Gasteiger partial charge on any atom is 0.233 e. The van der Waals surface area contributed by atoms with Gasteiger partial charge >= 0.3 is 0 Å². The Morgan fingerprint density at radius 2 is 1.73 bits per heavy atom. The van der Waals surface area contributed by atoms with Gasteiger partial charge in [-0.15, -0.1) is 0 Å². The number of hydrogen-bond donors (Lipinski definition) is 2. The first-order chi connectivity index (χ1) is 14.5. The summed E-state index contributed by atoms with van der Waals surface area (Å²) >= 11 is 0. The highest BCUT2D eigenvalue weighted by atomic mass is 19.1. The van der Waals surface area contributed by atoms with Gasteiger partial charge in [-0.3, -0.25) is 19.5 Å². The van der Waals surface area contributed by atoms with E-state index in [1.165, 1.54) is 23.1 Å². The molecule has 1 heterocycles. The Balaban J connectivity index is 1.14. The molecule has 6 unspecified atom stereocenters. The molecule has 3 aliphatic carbocycles. The molecule has 1 aromatic carbocycles. The van der Waals surface area contributed by atoms with E-state index in [1.54, 1.807) is 7.05 Å². The number of likely N-dealkylation sites (tertiary alicyclic amines) is 1. The fourth-order valence-corrected chi connectivity index (χ4v) is 5.38. The molecule has 0 aromatic heterocycles. The summed E-state index contributed by atoms with van der Waals surface area (Å²) in [6.07, 6.45) is 5.69. The highest BCUT2D eigenvalue weighted by Crippen LogP contribution is 2.52. The zero-order chi connectivity index (χ0) is 21.0. The third kappa shape index (κ3) is 3.00. The molecular formula is C22H24F2N4O2. The van der Waals surface area contributed by atoms with Gasteiger partial charge in [-0.1, -0.05) is 18.2 Å². The second kappa shape index (κ2) is 7.18. The van der Waals surface area contributed by atoms with Gasteiger partial charge in [-0.05, 0) is 36.8 Å². The lowest BCUT2D eigenvalue weighted by atomic mass is 9.85. The monoisotopic (exact) mass is 414 g/mol. The first-order valence-corrected chi connectivity index (χ1v) is 10.4. The minimum Gasteiger partial charge on any atom is -0.355 e. The number of amides is 2. The Morgan fingerprint density at radius 3 is 2.33 bits per heavy atom. The van der Waals surface area contributed by atoms with Gasteiger partial charge in [-0.25, -0.2) is 8.78 Å². The Kier molecular flexibility index (Phi) is 4.60. The summed E-state index contributed by atoms with van der Waals surface area (Å²) in [5, 5.41) is 6.27. The Labute approximate surface area is 173 Å². The standard InChI is InChI=1S/C22H24F2N4O2/c1-25-22(27-16-10-13(16)19-14(23)3-2-4-15(19)24)26-7-8-28-20(29)17-11-5-6-12(9-11)18(17)21(28)30/h2-6,11-13,16-18H,7-10H2,1H3,(H2,25,26,27). The molecule has 4 aliphatic rings. The van der Waals surface area contributed by atoms with Gasteiger partial charge in [-0.2, -0.15) is 0 Å². The summed E-state index contributed by atoms with van der Waals surface area (Å²) in [6, 6.07) is 3.78. The van der Waals surface area contributed by atoms with Crippen LogP contribution in [-0.2, 0) is 9.59 Å². The summed E-state index contributed by atoms with van der Waals surface area (Å²) in [4.78, 5) is 30.9. The minimum absolute atomic E-state index is 0.0659. The number of carbonyl (C=O) groups excluding carboxylic acids is 2. The molecule has 0 spiro atoms. The van der Waals surface area contributed by atoms with Crippen molar-refractivity contribution in [1.29, 1.82) is 0 Å². The normalized spacial score (nSPS) is 34.0. The maximum absolute atomic E-state index is 14.0. The fraction of sp³-hybridized carbons (Fsp3) is 0.500.